The highest BCUT2D eigenvalue weighted by Crippen LogP contribution is 2.15. The fraction of sp³-hybridized carbons (Fsp3) is 0.455. The molecule has 5 heteroatoms. The molecule has 1 aliphatic rings. The Hall–Kier alpha value is -1.64. The predicted octanol–water partition coefficient (Wildman–Crippen LogP) is 0.151. The van der Waals surface area contributed by atoms with Crippen LogP contribution in [0.4, 0.5) is 5.82 Å². The van der Waals surface area contributed by atoms with Crippen LogP contribution in [-0.4, -0.2) is 42.5 Å². The SMILES string of the molecule is N#Cc1ccnc(N2CCOC(CO)C2)c1. The van der Waals surface area contributed by atoms with Crippen molar-refractivity contribution < 1.29 is 9.84 Å². The van der Waals surface area contributed by atoms with Gasteiger partial charge >= 0.3 is 0 Å². The Bertz CT molecular complexity index is 402. The van der Waals surface area contributed by atoms with Crippen LogP contribution in [0.15, 0.2) is 18.3 Å². The average Bonchev–Trinajstić information content (AvgIpc) is 2.39. The van der Waals surface area contributed by atoms with Crippen LogP contribution in [-0.2, 0) is 4.74 Å². The number of aliphatic hydroxyl groups is 1. The first kappa shape index (κ1) is 10.9. The molecule has 1 aliphatic heterocycles. The zero-order chi connectivity index (χ0) is 11.4. The lowest BCUT2D eigenvalue weighted by atomic mass is 10.2. The molecule has 2 heterocycles. The third-order valence-corrected chi connectivity index (χ3v) is 2.54. The van der Waals surface area contributed by atoms with Crippen molar-refractivity contribution in [3.05, 3.63) is 23.9 Å². The van der Waals surface area contributed by atoms with Crippen molar-refractivity contribution in [2.24, 2.45) is 0 Å². The molecule has 0 aromatic carbocycles. The highest BCUT2D eigenvalue weighted by Gasteiger charge is 2.20. The van der Waals surface area contributed by atoms with Crippen molar-refractivity contribution in [2.45, 2.75) is 6.10 Å². The fourth-order valence-electron chi connectivity index (χ4n) is 1.70. The summed E-state index contributed by atoms with van der Waals surface area (Å²) in [6.45, 7) is 1.93. The maximum atomic E-state index is 9.03. The first-order valence-corrected chi connectivity index (χ1v) is 5.17. The Kier molecular flexibility index (Phi) is 3.34. The van der Waals surface area contributed by atoms with Gasteiger partial charge in [-0.05, 0) is 12.1 Å². The van der Waals surface area contributed by atoms with E-state index in [1.54, 1.807) is 18.3 Å². The number of aliphatic hydroxyl groups excluding tert-OH is 1. The second-order valence-electron chi connectivity index (χ2n) is 3.64. The van der Waals surface area contributed by atoms with Crippen molar-refractivity contribution in [3.8, 4) is 6.07 Å². The van der Waals surface area contributed by atoms with Crippen LogP contribution in [0.25, 0.3) is 0 Å². The molecule has 84 valence electrons. The van der Waals surface area contributed by atoms with Crippen molar-refractivity contribution in [1.29, 1.82) is 5.26 Å². The Morgan fingerprint density at radius 1 is 1.69 bits per heavy atom. The van der Waals surface area contributed by atoms with E-state index in [1.165, 1.54) is 0 Å². The van der Waals surface area contributed by atoms with E-state index in [0.717, 1.165) is 12.4 Å². The van der Waals surface area contributed by atoms with Gasteiger partial charge in [-0.2, -0.15) is 5.26 Å². The summed E-state index contributed by atoms with van der Waals surface area (Å²) in [6, 6.07) is 5.51. The fourth-order valence-corrected chi connectivity index (χ4v) is 1.70. The number of aromatic nitrogens is 1. The summed E-state index contributed by atoms with van der Waals surface area (Å²) in [5.74, 6) is 0.765. The number of hydrogen-bond donors (Lipinski definition) is 1. The minimum Gasteiger partial charge on any atom is -0.394 e. The minimum atomic E-state index is -0.165. The van der Waals surface area contributed by atoms with Crippen molar-refractivity contribution >= 4 is 5.82 Å². The molecule has 0 amide bonds. The Labute approximate surface area is 93.9 Å². The van der Waals surface area contributed by atoms with Crippen molar-refractivity contribution in [2.75, 3.05) is 31.2 Å². The van der Waals surface area contributed by atoms with Gasteiger partial charge in [0.05, 0.1) is 31.0 Å². The second kappa shape index (κ2) is 4.92. The maximum Gasteiger partial charge on any atom is 0.129 e. The van der Waals surface area contributed by atoms with Crippen LogP contribution >= 0.6 is 0 Å². The predicted molar refractivity (Wildman–Crippen MR) is 58.0 cm³/mol. The number of anilines is 1. The smallest absolute Gasteiger partial charge is 0.129 e. The number of nitrogens with zero attached hydrogens (tertiary/aromatic N) is 3. The number of nitriles is 1. The Morgan fingerprint density at radius 2 is 2.56 bits per heavy atom. The highest BCUT2D eigenvalue weighted by atomic mass is 16.5. The molecule has 0 radical (unpaired) electrons. The summed E-state index contributed by atoms with van der Waals surface area (Å²) in [6.07, 6.45) is 1.46. The lowest BCUT2D eigenvalue weighted by Crippen LogP contribution is -2.44. The molecular weight excluding hydrogens is 206 g/mol. The standard InChI is InChI=1S/C11H13N3O2/c12-6-9-1-2-13-11(5-9)14-3-4-16-10(7-14)8-15/h1-2,5,10,15H,3-4,7-8H2. The van der Waals surface area contributed by atoms with Gasteiger partial charge in [0, 0.05) is 19.3 Å². The van der Waals surface area contributed by atoms with Gasteiger partial charge in [0.15, 0.2) is 0 Å². The van der Waals surface area contributed by atoms with Crippen LogP contribution in [0, 0.1) is 11.3 Å². The third kappa shape index (κ3) is 2.30. The Morgan fingerprint density at radius 3 is 3.31 bits per heavy atom. The van der Waals surface area contributed by atoms with Gasteiger partial charge in [-0.15, -0.1) is 0 Å². The molecule has 1 saturated heterocycles. The largest absolute Gasteiger partial charge is 0.394 e. The van der Waals surface area contributed by atoms with Gasteiger partial charge in [0.1, 0.15) is 5.82 Å². The topological polar surface area (TPSA) is 69.4 Å². The molecule has 2 rings (SSSR count). The van der Waals surface area contributed by atoms with E-state index < -0.39 is 0 Å². The average molecular weight is 219 g/mol. The van der Waals surface area contributed by atoms with Crippen LogP contribution in [0.3, 0.4) is 0 Å². The second-order valence-corrected chi connectivity index (χ2v) is 3.64. The molecule has 0 aliphatic carbocycles. The van der Waals surface area contributed by atoms with Gasteiger partial charge in [0.2, 0.25) is 0 Å². The van der Waals surface area contributed by atoms with Gasteiger partial charge in [-0.25, -0.2) is 4.98 Å². The zero-order valence-corrected chi connectivity index (χ0v) is 8.83. The van der Waals surface area contributed by atoms with Crippen molar-refractivity contribution in [3.63, 3.8) is 0 Å². The van der Waals surface area contributed by atoms with Crippen molar-refractivity contribution in [1.82, 2.24) is 4.98 Å². The van der Waals surface area contributed by atoms with Crippen LogP contribution in [0.5, 0.6) is 0 Å². The van der Waals surface area contributed by atoms with E-state index in [0.29, 0.717) is 18.7 Å². The molecule has 16 heavy (non-hydrogen) atoms. The minimum absolute atomic E-state index is 0.00837. The molecule has 0 saturated carbocycles. The summed E-state index contributed by atoms with van der Waals surface area (Å²) in [4.78, 5) is 6.24. The summed E-state index contributed by atoms with van der Waals surface area (Å²) < 4.78 is 5.35. The summed E-state index contributed by atoms with van der Waals surface area (Å²) >= 11 is 0. The van der Waals surface area contributed by atoms with E-state index in [1.807, 2.05) is 4.90 Å². The van der Waals surface area contributed by atoms with E-state index in [4.69, 9.17) is 15.1 Å². The molecule has 0 bridgehead atoms. The molecule has 1 aromatic rings. The number of morpholine rings is 1. The summed E-state index contributed by atoms with van der Waals surface area (Å²) in [5, 5.41) is 17.8. The maximum absolute atomic E-state index is 9.03. The van der Waals surface area contributed by atoms with Crippen LogP contribution in [0.2, 0.25) is 0 Å². The summed E-state index contributed by atoms with van der Waals surface area (Å²) in [5.41, 5.74) is 0.594. The lowest BCUT2D eigenvalue weighted by molar-refractivity contribution is 0.00336. The number of ether oxygens (including phenoxy) is 1. The van der Waals surface area contributed by atoms with E-state index in [2.05, 4.69) is 11.1 Å². The number of hydrogen-bond acceptors (Lipinski definition) is 5. The van der Waals surface area contributed by atoms with Gasteiger partial charge in [0.25, 0.3) is 0 Å². The lowest BCUT2D eigenvalue weighted by Gasteiger charge is -2.32. The van der Waals surface area contributed by atoms with E-state index >= 15 is 0 Å². The molecule has 1 aromatic heterocycles. The van der Waals surface area contributed by atoms with E-state index in [9.17, 15) is 0 Å². The van der Waals surface area contributed by atoms with Gasteiger partial charge < -0.3 is 14.7 Å². The summed E-state index contributed by atoms with van der Waals surface area (Å²) in [7, 11) is 0. The monoisotopic (exact) mass is 219 g/mol. The zero-order valence-electron chi connectivity index (χ0n) is 8.83. The van der Waals surface area contributed by atoms with Gasteiger partial charge in [-0.1, -0.05) is 0 Å². The van der Waals surface area contributed by atoms with E-state index in [-0.39, 0.29) is 12.7 Å². The quantitative estimate of drug-likeness (QED) is 0.766. The third-order valence-electron chi connectivity index (χ3n) is 2.54. The molecule has 5 nitrogen and oxygen atoms in total. The molecule has 1 atom stereocenters. The molecule has 1 fully saturated rings. The molecule has 0 spiro atoms. The van der Waals surface area contributed by atoms with Crippen LogP contribution < -0.4 is 4.90 Å². The molecular formula is C11H13N3O2. The number of rotatable bonds is 2. The van der Waals surface area contributed by atoms with Gasteiger partial charge in [-0.3, -0.25) is 0 Å². The first-order chi connectivity index (χ1) is 7.83. The molecule has 1 unspecified atom stereocenters. The highest BCUT2D eigenvalue weighted by molar-refractivity contribution is 5.45. The van der Waals surface area contributed by atoms with Crippen LogP contribution in [0.1, 0.15) is 5.56 Å². The number of pyridine rings is 1. The molecule has 1 N–H and O–H groups in total. The normalized spacial score (nSPS) is 20.5. The first-order valence-electron chi connectivity index (χ1n) is 5.17. The Balaban J connectivity index is 2.14.